The predicted molar refractivity (Wildman–Crippen MR) is 103 cm³/mol. The fourth-order valence-electron chi connectivity index (χ4n) is 4.17. The van der Waals surface area contributed by atoms with Gasteiger partial charge in [0, 0.05) is 31.7 Å². The quantitative estimate of drug-likeness (QED) is 0.681. The monoisotopic (exact) mass is 388 g/mol. The highest BCUT2D eigenvalue weighted by molar-refractivity contribution is 5.36. The Hall–Kier alpha value is -3.47. The molecular weight excluding hydrogens is 368 g/mol. The van der Waals surface area contributed by atoms with Crippen LogP contribution in [-0.2, 0) is 6.42 Å². The van der Waals surface area contributed by atoms with Gasteiger partial charge in [0.15, 0.2) is 0 Å². The van der Waals surface area contributed by atoms with Crippen LogP contribution in [0.4, 0.5) is 0 Å². The molecule has 0 saturated heterocycles. The van der Waals surface area contributed by atoms with E-state index in [0.717, 1.165) is 43.6 Å². The molecule has 0 radical (unpaired) electrons. The van der Waals surface area contributed by atoms with Crippen molar-refractivity contribution in [2.24, 2.45) is 0 Å². The minimum absolute atomic E-state index is 0.0235. The third-order valence-electron chi connectivity index (χ3n) is 5.70. The molecule has 2 aromatic heterocycles. The van der Waals surface area contributed by atoms with Crippen molar-refractivity contribution in [2.45, 2.75) is 50.3 Å². The highest BCUT2D eigenvalue weighted by Crippen LogP contribution is 2.35. The van der Waals surface area contributed by atoms with E-state index in [1.807, 2.05) is 12.1 Å². The van der Waals surface area contributed by atoms with E-state index in [2.05, 4.69) is 21.1 Å². The van der Waals surface area contributed by atoms with Crippen molar-refractivity contribution < 1.29 is 4.74 Å². The molecule has 1 unspecified atom stereocenters. The molecule has 1 atom stereocenters. The first-order valence-electron chi connectivity index (χ1n) is 9.85. The fourth-order valence-corrected chi connectivity index (χ4v) is 4.17. The zero-order valence-electron chi connectivity index (χ0n) is 15.8. The van der Waals surface area contributed by atoms with E-state index >= 15 is 0 Å². The number of benzene rings is 1. The van der Waals surface area contributed by atoms with Gasteiger partial charge in [-0.15, -0.1) is 0 Å². The largest absolute Gasteiger partial charge is 0.490 e. The summed E-state index contributed by atoms with van der Waals surface area (Å²) in [5, 5.41) is 13.6. The van der Waals surface area contributed by atoms with Crippen molar-refractivity contribution in [2.75, 3.05) is 0 Å². The maximum absolute atomic E-state index is 13.1. The number of aromatic nitrogens is 5. The standard InChI is InChI=1S/C21H20N6O2/c22-12-14-3-1-4-16(9-14)29-17-10-15(11-17)27-21(28)26-19(5-2-6-20(26)25-27)18-13-23-7-8-24-18/h1,3-4,7-9,13,15,17,19H,2,5-6,10-11H2. The number of nitrogens with zero attached hydrogens (tertiary/aromatic N) is 6. The zero-order valence-corrected chi connectivity index (χ0v) is 15.8. The maximum Gasteiger partial charge on any atom is 0.346 e. The van der Waals surface area contributed by atoms with Gasteiger partial charge in [-0.05, 0) is 31.0 Å². The van der Waals surface area contributed by atoms with Crippen LogP contribution in [0, 0.1) is 11.3 Å². The van der Waals surface area contributed by atoms with Crippen LogP contribution in [0.25, 0.3) is 0 Å². The Bertz CT molecular complexity index is 1120. The zero-order chi connectivity index (χ0) is 19.8. The molecule has 1 fully saturated rings. The Labute approximate surface area is 167 Å². The van der Waals surface area contributed by atoms with E-state index in [1.54, 1.807) is 40.0 Å². The van der Waals surface area contributed by atoms with Crippen molar-refractivity contribution in [3.8, 4) is 11.8 Å². The second-order valence-electron chi connectivity index (χ2n) is 7.56. The molecule has 8 nitrogen and oxygen atoms in total. The molecule has 5 rings (SSSR count). The number of aryl methyl sites for hydroxylation is 1. The van der Waals surface area contributed by atoms with Gasteiger partial charge in [0.1, 0.15) is 17.7 Å². The first-order chi connectivity index (χ1) is 14.2. The van der Waals surface area contributed by atoms with Crippen molar-refractivity contribution in [1.29, 1.82) is 5.26 Å². The Balaban J connectivity index is 1.33. The molecule has 0 N–H and O–H groups in total. The van der Waals surface area contributed by atoms with Gasteiger partial charge in [-0.2, -0.15) is 10.4 Å². The maximum atomic E-state index is 13.1. The molecule has 29 heavy (non-hydrogen) atoms. The third-order valence-corrected chi connectivity index (χ3v) is 5.70. The number of hydrogen-bond donors (Lipinski definition) is 0. The number of fused-ring (bicyclic) bond motifs is 1. The molecule has 3 aromatic rings. The lowest BCUT2D eigenvalue weighted by Gasteiger charge is -2.34. The average Bonchev–Trinajstić information content (AvgIpc) is 3.07. The summed E-state index contributed by atoms with van der Waals surface area (Å²) in [5.41, 5.74) is 1.30. The Morgan fingerprint density at radius 1 is 1.24 bits per heavy atom. The lowest BCUT2D eigenvalue weighted by Crippen LogP contribution is -2.41. The first kappa shape index (κ1) is 17.6. The van der Waals surface area contributed by atoms with Crippen LogP contribution in [-0.4, -0.2) is 30.4 Å². The van der Waals surface area contributed by atoms with Crippen molar-refractivity contribution >= 4 is 0 Å². The molecule has 3 heterocycles. The molecule has 1 aliphatic carbocycles. The smallest absolute Gasteiger partial charge is 0.346 e. The van der Waals surface area contributed by atoms with Gasteiger partial charge in [0.05, 0.1) is 35.6 Å². The highest BCUT2D eigenvalue weighted by atomic mass is 16.5. The molecule has 1 saturated carbocycles. The molecule has 1 aromatic carbocycles. The minimum atomic E-state index is -0.102. The summed E-state index contributed by atoms with van der Waals surface area (Å²) in [5.74, 6) is 1.51. The second kappa shape index (κ2) is 7.17. The molecule has 8 heteroatoms. The molecule has 0 spiro atoms. The second-order valence-corrected chi connectivity index (χ2v) is 7.56. The summed E-state index contributed by atoms with van der Waals surface area (Å²) in [4.78, 5) is 21.7. The third kappa shape index (κ3) is 3.18. The molecular formula is C21H20N6O2. The Kier molecular flexibility index (Phi) is 4.35. The van der Waals surface area contributed by atoms with Crippen molar-refractivity contribution in [1.82, 2.24) is 24.3 Å². The van der Waals surface area contributed by atoms with Gasteiger partial charge in [-0.1, -0.05) is 6.07 Å². The predicted octanol–water partition coefficient (Wildman–Crippen LogP) is 2.41. The van der Waals surface area contributed by atoms with Crippen LogP contribution in [0.2, 0.25) is 0 Å². The van der Waals surface area contributed by atoms with Crippen molar-refractivity contribution in [3.63, 3.8) is 0 Å². The van der Waals surface area contributed by atoms with Crippen LogP contribution in [0.1, 0.15) is 54.8 Å². The van der Waals surface area contributed by atoms with Gasteiger partial charge in [-0.3, -0.25) is 14.5 Å². The average molecular weight is 388 g/mol. The van der Waals surface area contributed by atoms with Gasteiger partial charge in [0.25, 0.3) is 0 Å². The lowest BCUT2D eigenvalue weighted by molar-refractivity contribution is 0.0625. The van der Waals surface area contributed by atoms with E-state index in [9.17, 15) is 4.79 Å². The van der Waals surface area contributed by atoms with Crippen LogP contribution in [0.3, 0.4) is 0 Å². The molecule has 0 amide bonds. The topological polar surface area (TPSA) is 98.6 Å². The van der Waals surface area contributed by atoms with Crippen LogP contribution >= 0.6 is 0 Å². The van der Waals surface area contributed by atoms with Crippen LogP contribution < -0.4 is 10.4 Å². The summed E-state index contributed by atoms with van der Waals surface area (Å²) in [7, 11) is 0. The van der Waals surface area contributed by atoms with Crippen molar-refractivity contribution in [3.05, 3.63) is 70.4 Å². The number of hydrogen-bond acceptors (Lipinski definition) is 6. The van der Waals surface area contributed by atoms with Crippen LogP contribution in [0.15, 0.2) is 47.7 Å². The van der Waals surface area contributed by atoms with Gasteiger partial charge < -0.3 is 4.74 Å². The molecule has 0 bridgehead atoms. The molecule has 1 aliphatic heterocycles. The van der Waals surface area contributed by atoms with E-state index < -0.39 is 0 Å². The Morgan fingerprint density at radius 3 is 2.93 bits per heavy atom. The van der Waals surface area contributed by atoms with E-state index in [4.69, 9.17) is 10.00 Å². The first-order valence-corrected chi connectivity index (χ1v) is 9.85. The highest BCUT2D eigenvalue weighted by Gasteiger charge is 2.37. The summed E-state index contributed by atoms with van der Waals surface area (Å²) < 4.78 is 9.37. The van der Waals surface area contributed by atoms with E-state index in [1.165, 1.54) is 0 Å². The summed E-state index contributed by atoms with van der Waals surface area (Å²) in [6.07, 6.45) is 9.14. The summed E-state index contributed by atoms with van der Waals surface area (Å²) >= 11 is 0. The lowest BCUT2D eigenvalue weighted by atomic mass is 9.89. The van der Waals surface area contributed by atoms with E-state index in [0.29, 0.717) is 11.3 Å². The summed E-state index contributed by atoms with van der Waals surface area (Å²) in [6.45, 7) is 0. The van der Waals surface area contributed by atoms with Gasteiger partial charge in [0.2, 0.25) is 0 Å². The van der Waals surface area contributed by atoms with Crippen LogP contribution in [0.5, 0.6) is 5.75 Å². The van der Waals surface area contributed by atoms with Gasteiger partial charge in [-0.25, -0.2) is 9.48 Å². The fraction of sp³-hybridized carbons (Fsp3) is 0.381. The molecule has 146 valence electrons. The number of ether oxygens (including phenoxy) is 1. The number of nitriles is 1. The summed E-state index contributed by atoms with van der Waals surface area (Å²) in [6, 6.07) is 9.19. The molecule has 2 aliphatic rings. The normalized spacial score (nSPS) is 22.9. The van der Waals surface area contributed by atoms with E-state index in [-0.39, 0.29) is 23.9 Å². The minimum Gasteiger partial charge on any atom is -0.490 e. The SMILES string of the molecule is N#Cc1cccc(OC2CC(n3nc4n(c3=O)C(c3cnccn3)CCC4)C2)c1. The van der Waals surface area contributed by atoms with Gasteiger partial charge >= 0.3 is 5.69 Å². The Morgan fingerprint density at radius 2 is 2.14 bits per heavy atom. The number of rotatable bonds is 4.